The minimum absolute atomic E-state index is 0.00947. The van der Waals surface area contributed by atoms with Crippen molar-refractivity contribution in [3.8, 4) is 17.2 Å². The Balaban J connectivity index is 1.47. The number of alkyl halides is 3. The van der Waals surface area contributed by atoms with Gasteiger partial charge in [0.05, 0.1) is 12.1 Å². The van der Waals surface area contributed by atoms with Crippen molar-refractivity contribution in [3.05, 3.63) is 89.5 Å². The SMILES string of the molecule is NC(=O)c1ccc(Oc2ccc(C(=O)NCCOc3cccc(C(F)(F)F)c3)cc2)cc1. The van der Waals surface area contributed by atoms with E-state index in [-0.39, 0.29) is 24.8 Å². The third kappa shape index (κ3) is 6.24. The molecule has 0 atom stereocenters. The van der Waals surface area contributed by atoms with Gasteiger partial charge in [0.25, 0.3) is 5.91 Å². The first kappa shape index (κ1) is 22.7. The highest BCUT2D eigenvalue weighted by atomic mass is 19.4. The Morgan fingerprint density at radius 3 is 2.00 bits per heavy atom. The zero-order chi connectivity index (χ0) is 23.1. The van der Waals surface area contributed by atoms with E-state index in [9.17, 15) is 22.8 Å². The molecule has 166 valence electrons. The van der Waals surface area contributed by atoms with Crippen LogP contribution in [0.15, 0.2) is 72.8 Å². The summed E-state index contributed by atoms with van der Waals surface area (Å²) in [4.78, 5) is 23.3. The van der Waals surface area contributed by atoms with Crippen molar-refractivity contribution in [2.45, 2.75) is 6.18 Å². The molecule has 0 fully saturated rings. The summed E-state index contributed by atoms with van der Waals surface area (Å²) in [5.74, 6) is 0.154. The van der Waals surface area contributed by atoms with Crippen LogP contribution in [0.4, 0.5) is 13.2 Å². The van der Waals surface area contributed by atoms with Gasteiger partial charge in [-0.25, -0.2) is 0 Å². The van der Waals surface area contributed by atoms with Crippen LogP contribution >= 0.6 is 0 Å². The Morgan fingerprint density at radius 2 is 1.44 bits per heavy atom. The zero-order valence-corrected chi connectivity index (χ0v) is 16.7. The number of benzene rings is 3. The van der Waals surface area contributed by atoms with E-state index in [4.69, 9.17) is 15.2 Å². The number of nitrogens with two attached hydrogens (primary N) is 1. The Hall–Kier alpha value is -4.01. The lowest BCUT2D eigenvalue weighted by molar-refractivity contribution is -0.137. The van der Waals surface area contributed by atoms with Crippen molar-refractivity contribution in [3.63, 3.8) is 0 Å². The molecule has 0 bridgehead atoms. The van der Waals surface area contributed by atoms with Crippen LogP contribution < -0.4 is 20.5 Å². The molecular weight excluding hydrogens is 425 g/mol. The van der Waals surface area contributed by atoms with Crippen LogP contribution in [-0.4, -0.2) is 25.0 Å². The van der Waals surface area contributed by atoms with Gasteiger partial charge in [0.1, 0.15) is 23.9 Å². The van der Waals surface area contributed by atoms with Crippen molar-refractivity contribution in [2.75, 3.05) is 13.2 Å². The topological polar surface area (TPSA) is 90.7 Å². The van der Waals surface area contributed by atoms with Crippen molar-refractivity contribution in [1.82, 2.24) is 5.32 Å². The highest BCUT2D eigenvalue weighted by molar-refractivity contribution is 5.94. The van der Waals surface area contributed by atoms with E-state index in [2.05, 4.69) is 5.32 Å². The van der Waals surface area contributed by atoms with E-state index >= 15 is 0 Å². The molecule has 0 aliphatic heterocycles. The summed E-state index contributed by atoms with van der Waals surface area (Å²) in [6.45, 7) is 0.120. The monoisotopic (exact) mass is 444 g/mol. The highest BCUT2D eigenvalue weighted by Gasteiger charge is 2.30. The average Bonchev–Trinajstić information content (AvgIpc) is 2.77. The van der Waals surface area contributed by atoms with Gasteiger partial charge in [0.15, 0.2) is 0 Å². The van der Waals surface area contributed by atoms with Crippen LogP contribution in [0.25, 0.3) is 0 Å². The number of halogens is 3. The van der Waals surface area contributed by atoms with Crippen LogP contribution in [0.2, 0.25) is 0 Å². The number of nitrogens with one attached hydrogen (secondary N) is 1. The first-order valence-corrected chi connectivity index (χ1v) is 9.48. The Labute approximate surface area is 181 Å². The average molecular weight is 444 g/mol. The number of ether oxygens (including phenoxy) is 2. The van der Waals surface area contributed by atoms with Crippen LogP contribution in [0, 0.1) is 0 Å². The van der Waals surface area contributed by atoms with E-state index in [0.29, 0.717) is 22.6 Å². The zero-order valence-electron chi connectivity index (χ0n) is 16.7. The molecule has 32 heavy (non-hydrogen) atoms. The van der Waals surface area contributed by atoms with E-state index in [1.165, 1.54) is 12.1 Å². The second-order valence-electron chi connectivity index (χ2n) is 6.65. The molecule has 0 unspecified atom stereocenters. The van der Waals surface area contributed by atoms with E-state index in [1.54, 1.807) is 48.5 Å². The molecule has 0 spiro atoms. The molecule has 3 aromatic carbocycles. The van der Waals surface area contributed by atoms with Gasteiger partial charge in [-0.2, -0.15) is 13.2 Å². The van der Waals surface area contributed by atoms with Crippen LogP contribution in [0.3, 0.4) is 0 Å². The van der Waals surface area contributed by atoms with Crippen molar-refractivity contribution in [2.24, 2.45) is 5.73 Å². The number of rotatable bonds is 8. The summed E-state index contributed by atoms with van der Waals surface area (Å²) in [5, 5.41) is 2.63. The molecular formula is C23H19F3N2O4. The number of hydrogen-bond donors (Lipinski definition) is 2. The third-order valence-electron chi connectivity index (χ3n) is 4.31. The summed E-state index contributed by atoms with van der Waals surface area (Å²) in [6.07, 6.45) is -4.45. The lowest BCUT2D eigenvalue weighted by Crippen LogP contribution is -2.28. The van der Waals surface area contributed by atoms with E-state index < -0.39 is 17.6 Å². The summed E-state index contributed by atoms with van der Waals surface area (Å²) < 4.78 is 49.0. The molecule has 9 heteroatoms. The number of amides is 2. The van der Waals surface area contributed by atoms with Crippen molar-refractivity contribution >= 4 is 11.8 Å². The molecule has 3 N–H and O–H groups in total. The van der Waals surface area contributed by atoms with Gasteiger partial charge in [-0.05, 0) is 66.7 Å². The molecule has 0 saturated heterocycles. The van der Waals surface area contributed by atoms with Gasteiger partial charge in [-0.15, -0.1) is 0 Å². The molecule has 2 amide bonds. The lowest BCUT2D eigenvalue weighted by atomic mass is 10.2. The van der Waals surface area contributed by atoms with Gasteiger partial charge in [-0.1, -0.05) is 6.07 Å². The van der Waals surface area contributed by atoms with E-state index in [0.717, 1.165) is 12.1 Å². The fraction of sp³-hybridized carbons (Fsp3) is 0.130. The first-order valence-electron chi connectivity index (χ1n) is 9.48. The first-order chi connectivity index (χ1) is 15.2. The van der Waals surface area contributed by atoms with Gasteiger partial charge in [0, 0.05) is 11.1 Å². The fourth-order valence-electron chi connectivity index (χ4n) is 2.70. The smallest absolute Gasteiger partial charge is 0.416 e. The standard InChI is InChI=1S/C23H19F3N2O4/c24-23(25,26)17-2-1-3-20(14-17)31-13-12-28-22(30)16-6-10-19(11-7-16)32-18-8-4-15(5-9-18)21(27)29/h1-11,14H,12-13H2,(H2,27,29)(H,28,30). The minimum atomic E-state index is -4.45. The fourth-order valence-corrected chi connectivity index (χ4v) is 2.70. The summed E-state index contributed by atoms with van der Waals surface area (Å²) in [7, 11) is 0. The predicted molar refractivity (Wildman–Crippen MR) is 111 cm³/mol. The van der Waals surface area contributed by atoms with Crippen LogP contribution in [0.5, 0.6) is 17.2 Å². The number of primary amides is 1. The maximum atomic E-state index is 12.7. The van der Waals surface area contributed by atoms with Crippen LogP contribution in [0.1, 0.15) is 26.3 Å². The molecule has 0 aromatic heterocycles. The predicted octanol–water partition coefficient (Wildman–Crippen LogP) is 4.41. The maximum absolute atomic E-state index is 12.7. The molecule has 0 radical (unpaired) electrons. The maximum Gasteiger partial charge on any atom is 0.416 e. The quantitative estimate of drug-likeness (QED) is 0.504. The van der Waals surface area contributed by atoms with E-state index in [1.807, 2.05) is 0 Å². The van der Waals surface area contributed by atoms with Crippen molar-refractivity contribution < 1.29 is 32.2 Å². The van der Waals surface area contributed by atoms with Gasteiger partial charge >= 0.3 is 6.18 Å². The minimum Gasteiger partial charge on any atom is -0.492 e. The number of hydrogen-bond acceptors (Lipinski definition) is 4. The van der Waals surface area contributed by atoms with Gasteiger partial charge < -0.3 is 20.5 Å². The largest absolute Gasteiger partial charge is 0.492 e. The van der Waals surface area contributed by atoms with Gasteiger partial charge in [-0.3, -0.25) is 9.59 Å². The Bertz CT molecular complexity index is 1080. The molecule has 3 rings (SSSR count). The molecule has 0 saturated carbocycles. The summed E-state index contributed by atoms with van der Waals surface area (Å²) >= 11 is 0. The number of carbonyl (C=O) groups is 2. The Kier molecular flexibility index (Phi) is 6.99. The molecule has 0 aliphatic rings. The Morgan fingerprint density at radius 1 is 0.844 bits per heavy atom. The van der Waals surface area contributed by atoms with Crippen molar-refractivity contribution in [1.29, 1.82) is 0 Å². The van der Waals surface area contributed by atoms with Gasteiger partial charge in [0.2, 0.25) is 5.91 Å². The highest BCUT2D eigenvalue weighted by Crippen LogP contribution is 2.31. The lowest BCUT2D eigenvalue weighted by Gasteiger charge is -2.11. The normalized spacial score (nSPS) is 11.0. The molecule has 3 aromatic rings. The second kappa shape index (κ2) is 9.86. The molecule has 6 nitrogen and oxygen atoms in total. The summed E-state index contributed by atoms with van der Waals surface area (Å²) in [5.41, 5.74) is 5.13. The van der Waals surface area contributed by atoms with Crippen LogP contribution in [-0.2, 0) is 6.18 Å². The second-order valence-corrected chi connectivity index (χ2v) is 6.65. The molecule has 0 aliphatic carbocycles. The molecule has 0 heterocycles. The number of carbonyl (C=O) groups excluding carboxylic acids is 2. The third-order valence-corrected chi connectivity index (χ3v) is 4.31. The summed E-state index contributed by atoms with van der Waals surface area (Å²) in [6, 6.07) is 17.2.